The van der Waals surface area contributed by atoms with Crippen LogP contribution in [0, 0.1) is 12.7 Å². The van der Waals surface area contributed by atoms with E-state index in [9.17, 15) is 19.4 Å². The van der Waals surface area contributed by atoms with E-state index in [-0.39, 0.29) is 25.7 Å². The summed E-state index contributed by atoms with van der Waals surface area (Å²) in [6, 6.07) is 3.98. The third-order valence-corrected chi connectivity index (χ3v) is 4.41. The average molecular weight is 348 g/mol. The molecule has 0 bridgehead atoms. The lowest BCUT2D eigenvalue weighted by atomic mass is 10.2. The fourth-order valence-corrected chi connectivity index (χ4v) is 3.08. The second-order valence-corrected chi connectivity index (χ2v) is 6.17. The van der Waals surface area contributed by atoms with Crippen LogP contribution in [-0.2, 0) is 6.54 Å². The first-order valence-electron chi connectivity index (χ1n) is 8.11. The summed E-state index contributed by atoms with van der Waals surface area (Å²) in [7, 11) is 0. The van der Waals surface area contributed by atoms with E-state index in [1.807, 2.05) is 0 Å². The van der Waals surface area contributed by atoms with Crippen LogP contribution in [0.1, 0.15) is 17.8 Å². The molecule has 1 aromatic heterocycles. The van der Waals surface area contributed by atoms with Gasteiger partial charge in [-0.25, -0.2) is 14.2 Å². The Balaban J connectivity index is 1.65. The molecule has 2 aromatic rings. The van der Waals surface area contributed by atoms with Crippen molar-refractivity contribution in [3.05, 3.63) is 47.8 Å². The maximum Gasteiger partial charge on any atom is 0.318 e. The van der Waals surface area contributed by atoms with Gasteiger partial charge in [0.2, 0.25) is 0 Å². The van der Waals surface area contributed by atoms with Gasteiger partial charge in [0.05, 0.1) is 24.4 Å². The summed E-state index contributed by atoms with van der Waals surface area (Å²) < 4.78 is 16.0. The van der Waals surface area contributed by atoms with E-state index in [0.717, 1.165) is 0 Å². The molecule has 1 fully saturated rings. The van der Waals surface area contributed by atoms with E-state index < -0.39 is 18.0 Å². The number of nitrogens with zero attached hydrogens (tertiary/aromatic N) is 3. The number of likely N-dealkylation sites (tertiary alicyclic amines) is 1. The number of β-amino-alcohol motifs (C(OH)–C–C–N with tert-alkyl or cyclic N) is 1. The summed E-state index contributed by atoms with van der Waals surface area (Å²) in [5, 5.41) is 21.6. The minimum absolute atomic E-state index is 0.156. The number of benzene rings is 1. The molecule has 3 N–H and O–H groups in total. The maximum absolute atomic E-state index is 14.3. The molecular formula is C17H21FN4O3. The van der Waals surface area contributed by atoms with Crippen molar-refractivity contribution < 1.29 is 19.4 Å². The lowest BCUT2D eigenvalue weighted by Crippen LogP contribution is -2.44. The second-order valence-electron chi connectivity index (χ2n) is 6.17. The Bertz CT molecular complexity index is 764. The molecule has 1 aromatic carbocycles. The van der Waals surface area contributed by atoms with Crippen molar-refractivity contribution in [3.8, 4) is 5.69 Å². The molecule has 0 aliphatic carbocycles. The zero-order valence-corrected chi connectivity index (χ0v) is 13.9. The minimum Gasteiger partial charge on any atom is -0.394 e. The highest BCUT2D eigenvalue weighted by molar-refractivity contribution is 5.75. The Morgan fingerprint density at radius 2 is 2.28 bits per heavy atom. The van der Waals surface area contributed by atoms with Gasteiger partial charge in [0.15, 0.2) is 0 Å². The molecule has 8 heteroatoms. The lowest BCUT2D eigenvalue weighted by molar-refractivity contribution is 0.154. The van der Waals surface area contributed by atoms with Crippen molar-refractivity contribution in [2.24, 2.45) is 0 Å². The van der Waals surface area contributed by atoms with Crippen LogP contribution in [0.5, 0.6) is 0 Å². The van der Waals surface area contributed by atoms with Crippen LogP contribution in [-0.4, -0.2) is 56.0 Å². The monoisotopic (exact) mass is 348 g/mol. The SMILES string of the molecule is Cc1nccn1-c1ccc(CNC(=O)N2C[C@H](O)C[C@H]2CO)cc1F. The molecule has 1 aliphatic heterocycles. The van der Waals surface area contributed by atoms with Gasteiger partial charge >= 0.3 is 6.03 Å². The van der Waals surface area contributed by atoms with Gasteiger partial charge in [-0.05, 0) is 31.0 Å². The molecule has 0 saturated carbocycles. The molecule has 0 radical (unpaired) electrons. The highest BCUT2D eigenvalue weighted by Gasteiger charge is 2.33. The van der Waals surface area contributed by atoms with Crippen LogP contribution >= 0.6 is 0 Å². The van der Waals surface area contributed by atoms with Crippen molar-refractivity contribution in [1.29, 1.82) is 0 Å². The van der Waals surface area contributed by atoms with Crippen LogP contribution in [0.3, 0.4) is 0 Å². The Kier molecular flexibility index (Phi) is 5.00. The summed E-state index contributed by atoms with van der Waals surface area (Å²) in [6.45, 7) is 1.93. The first-order chi connectivity index (χ1) is 12.0. The predicted molar refractivity (Wildman–Crippen MR) is 88.7 cm³/mol. The highest BCUT2D eigenvalue weighted by atomic mass is 19.1. The number of aliphatic hydroxyl groups excluding tert-OH is 2. The molecule has 134 valence electrons. The summed E-state index contributed by atoms with van der Waals surface area (Å²) in [4.78, 5) is 17.7. The normalized spacial score (nSPS) is 20.1. The first kappa shape index (κ1) is 17.4. The number of rotatable bonds is 4. The number of aliphatic hydroxyl groups is 2. The Morgan fingerprint density at radius 3 is 2.92 bits per heavy atom. The third-order valence-electron chi connectivity index (χ3n) is 4.41. The quantitative estimate of drug-likeness (QED) is 0.768. The predicted octanol–water partition coefficient (Wildman–Crippen LogP) is 0.957. The molecule has 1 aliphatic rings. The van der Waals surface area contributed by atoms with Gasteiger partial charge in [0, 0.05) is 25.5 Å². The number of urea groups is 1. The second kappa shape index (κ2) is 7.20. The average Bonchev–Trinajstić information content (AvgIpc) is 3.18. The van der Waals surface area contributed by atoms with Crippen molar-refractivity contribution in [3.63, 3.8) is 0 Å². The summed E-state index contributed by atoms with van der Waals surface area (Å²) in [5.74, 6) is 0.278. The van der Waals surface area contributed by atoms with E-state index in [4.69, 9.17) is 0 Å². The number of amides is 2. The van der Waals surface area contributed by atoms with Crippen LogP contribution in [0.2, 0.25) is 0 Å². The molecule has 0 unspecified atom stereocenters. The fraction of sp³-hybridized carbons (Fsp3) is 0.412. The zero-order valence-electron chi connectivity index (χ0n) is 13.9. The fourth-order valence-electron chi connectivity index (χ4n) is 3.08. The van der Waals surface area contributed by atoms with Gasteiger partial charge in [-0.15, -0.1) is 0 Å². The van der Waals surface area contributed by atoms with E-state index in [1.165, 1.54) is 11.0 Å². The van der Waals surface area contributed by atoms with Gasteiger partial charge in [-0.1, -0.05) is 6.07 Å². The number of carbonyl (C=O) groups is 1. The highest BCUT2D eigenvalue weighted by Crippen LogP contribution is 2.19. The van der Waals surface area contributed by atoms with Crippen molar-refractivity contribution in [1.82, 2.24) is 19.8 Å². The first-order valence-corrected chi connectivity index (χ1v) is 8.11. The largest absolute Gasteiger partial charge is 0.394 e. The molecule has 0 spiro atoms. The maximum atomic E-state index is 14.3. The molecule has 2 heterocycles. The van der Waals surface area contributed by atoms with Crippen molar-refractivity contribution in [2.75, 3.05) is 13.2 Å². The van der Waals surface area contributed by atoms with Crippen LogP contribution < -0.4 is 5.32 Å². The van der Waals surface area contributed by atoms with Crippen LogP contribution in [0.15, 0.2) is 30.6 Å². The number of hydrogen-bond acceptors (Lipinski definition) is 4. The molecule has 3 rings (SSSR count). The Labute approximate surface area is 144 Å². The number of nitrogens with one attached hydrogen (secondary N) is 1. The van der Waals surface area contributed by atoms with Gasteiger partial charge in [-0.2, -0.15) is 0 Å². The standard InChI is InChI=1S/C17H21FN4O3/c1-11-19-4-5-21(11)16-3-2-12(6-15(16)18)8-20-17(25)22-9-14(24)7-13(22)10-23/h2-6,13-14,23-24H,7-10H2,1H3,(H,20,25)/t13-,14+/m0/s1. The molecule has 7 nitrogen and oxygen atoms in total. The van der Waals surface area contributed by atoms with Crippen molar-refractivity contribution in [2.45, 2.75) is 32.0 Å². The van der Waals surface area contributed by atoms with Crippen LogP contribution in [0.4, 0.5) is 9.18 Å². The Morgan fingerprint density at radius 1 is 1.48 bits per heavy atom. The Hall–Kier alpha value is -2.45. The van der Waals surface area contributed by atoms with Gasteiger partial charge in [0.25, 0.3) is 0 Å². The third kappa shape index (κ3) is 3.64. The summed E-state index contributed by atoms with van der Waals surface area (Å²) >= 11 is 0. The number of imidazole rings is 1. The van der Waals surface area contributed by atoms with E-state index >= 15 is 0 Å². The topological polar surface area (TPSA) is 90.6 Å². The van der Waals surface area contributed by atoms with E-state index in [2.05, 4.69) is 10.3 Å². The van der Waals surface area contributed by atoms with Gasteiger partial charge in [-0.3, -0.25) is 0 Å². The smallest absolute Gasteiger partial charge is 0.318 e. The summed E-state index contributed by atoms with van der Waals surface area (Å²) in [5.41, 5.74) is 1.01. The number of aromatic nitrogens is 2. The number of halogens is 1. The lowest BCUT2D eigenvalue weighted by Gasteiger charge is -2.23. The molecular weight excluding hydrogens is 327 g/mol. The van der Waals surface area contributed by atoms with Crippen molar-refractivity contribution >= 4 is 6.03 Å². The molecule has 25 heavy (non-hydrogen) atoms. The van der Waals surface area contributed by atoms with Gasteiger partial charge in [0.1, 0.15) is 11.6 Å². The number of hydrogen-bond donors (Lipinski definition) is 3. The van der Waals surface area contributed by atoms with Crippen LogP contribution in [0.25, 0.3) is 5.69 Å². The number of carbonyl (C=O) groups excluding carboxylic acids is 1. The summed E-state index contributed by atoms with van der Waals surface area (Å²) in [6.07, 6.45) is 3.02. The van der Waals surface area contributed by atoms with E-state index in [0.29, 0.717) is 23.5 Å². The molecule has 1 saturated heterocycles. The zero-order chi connectivity index (χ0) is 18.0. The molecule has 2 atom stereocenters. The van der Waals surface area contributed by atoms with Gasteiger partial charge < -0.3 is 25.0 Å². The number of aryl methyl sites for hydroxylation is 1. The van der Waals surface area contributed by atoms with E-state index in [1.54, 1.807) is 36.0 Å². The minimum atomic E-state index is -0.627. The molecule has 2 amide bonds.